The number of hydrogen-bond donors (Lipinski definition) is 0. The molecule has 0 saturated carbocycles. The Bertz CT molecular complexity index is 903. The summed E-state index contributed by atoms with van der Waals surface area (Å²) in [6.07, 6.45) is -1.74. The summed E-state index contributed by atoms with van der Waals surface area (Å²) in [4.78, 5) is 4.09. The molecule has 2 aromatic heterocycles. The van der Waals surface area contributed by atoms with E-state index in [1.54, 1.807) is 6.92 Å². The van der Waals surface area contributed by atoms with Gasteiger partial charge in [0.05, 0.1) is 17.5 Å². The Morgan fingerprint density at radius 1 is 1.18 bits per heavy atom. The molecule has 3 rings (SSSR count). The van der Waals surface area contributed by atoms with Crippen LogP contribution in [0.3, 0.4) is 0 Å². The first-order valence-corrected chi connectivity index (χ1v) is 6.33. The van der Waals surface area contributed by atoms with E-state index in [4.69, 9.17) is 5.26 Å². The molecule has 0 N–H and O–H groups in total. The lowest BCUT2D eigenvalue weighted by Gasteiger charge is -2.15. The van der Waals surface area contributed by atoms with Crippen molar-refractivity contribution in [2.45, 2.75) is 13.1 Å². The highest BCUT2D eigenvalue weighted by Crippen LogP contribution is 2.37. The summed E-state index contributed by atoms with van der Waals surface area (Å²) in [6.45, 7) is 1.66. The molecule has 0 atom stereocenters. The maximum atomic E-state index is 13.2. The Labute approximate surface area is 123 Å². The lowest BCUT2D eigenvalue weighted by Crippen LogP contribution is -2.09. The number of alkyl halides is 3. The van der Waals surface area contributed by atoms with Gasteiger partial charge in [-0.05, 0) is 18.6 Å². The average Bonchev–Trinajstić information content (AvgIpc) is 2.89. The fourth-order valence-electron chi connectivity index (χ4n) is 2.36. The zero-order valence-electron chi connectivity index (χ0n) is 11.4. The minimum absolute atomic E-state index is 0.00693. The van der Waals surface area contributed by atoms with Gasteiger partial charge in [-0.2, -0.15) is 23.5 Å². The third-order valence-corrected chi connectivity index (χ3v) is 3.32. The van der Waals surface area contributed by atoms with Gasteiger partial charge in [-0.25, -0.2) is 9.50 Å². The molecule has 0 amide bonds. The van der Waals surface area contributed by atoms with Gasteiger partial charge in [0, 0.05) is 11.8 Å². The first-order valence-electron chi connectivity index (χ1n) is 6.33. The Hall–Kier alpha value is -2.88. The van der Waals surface area contributed by atoms with Crippen LogP contribution in [0.1, 0.15) is 16.7 Å². The van der Waals surface area contributed by atoms with Crippen molar-refractivity contribution in [1.29, 1.82) is 5.26 Å². The van der Waals surface area contributed by atoms with Gasteiger partial charge in [-0.1, -0.05) is 18.2 Å². The molecule has 1 aromatic carbocycles. The van der Waals surface area contributed by atoms with Crippen LogP contribution in [0, 0.1) is 18.3 Å². The molecule has 0 bridgehead atoms. The molecule has 0 saturated heterocycles. The van der Waals surface area contributed by atoms with Crippen molar-refractivity contribution in [2.75, 3.05) is 0 Å². The van der Waals surface area contributed by atoms with Crippen molar-refractivity contribution in [3.63, 3.8) is 0 Å². The maximum absolute atomic E-state index is 13.2. The molecule has 0 unspecified atom stereocenters. The Balaban J connectivity index is 2.40. The fraction of sp³-hybridized carbons (Fsp3) is 0.133. The predicted molar refractivity (Wildman–Crippen MR) is 72.9 cm³/mol. The van der Waals surface area contributed by atoms with Gasteiger partial charge in [0.2, 0.25) is 0 Å². The summed E-state index contributed by atoms with van der Waals surface area (Å²) in [5.41, 5.74) is 0.522. The predicted octanol–water partition coefficient (Wildman–Crippen LogP) is 3.60. The van der Waals surface area contributed by atoms with Crippen LogP contribution in [0.5, 0.6) is 0 Å². The van der Waals surface area contributed by atoms with E-state index in [2.05, 4.69) is 10.1 Å². The topological polar surface area (TPSA) is 54.0 Å². The summed E-state index contributed by atoms with van der Waals surface area (Å²) < 4.78 is 41.0. The molecule has 0 spiro atoms. The number of nitrogens with zero attached hydrogens (tertiary/aromatic N) is 4. The first kappa shape index (κ1) is 14.1. The highest BCUT2D eigenvalue weighted by molar-refractivity contribution is 5.71. The molecular weight excluding hydrogens is 293 g/mol. The van der Waals surface area contributed by atoms with E-state index in [1.165, 1.54) is 35.1 Å². The van der Waals surface area contributed by atoms with Gasteiger partial charge in [0.15, 0.2) is 5.65 Å². The lowest BCUT2D eigenvalue weighted by molar-refractivity contribution is -0.137. The highest BCUT2D eigenvalue weighted by atomic mass is 19.4. The summed E-state index contributed by atoms with van der Waals surface area (Å²) in [5, 5.41) is 13.0. The van der Waals surface area contributed by atoms with Gasteiger partial charge in [0.25, 0.3) is 0 Å². The zero-order valence-corrected chi connectivity index (χ0v) is 11.4. The van der Waals surface area contributed by atoms with Crippen LogP contribution in [0.15, 0.2) is 36.7 Å². The van der Waals surface area contributed by atoms with E-state index in [1.807, 2.05) is 6.07 Å². The van der Waals surface area contributed by atoms with E-state index in [0.717, 1.165) is 6.07 Å². The van der Waals surface area contributed by atoms with Crippen LogP contribution < -0.4 is 0 Å². The number of fused-ring (bicyclic) bond motifs is 1. The molecule has 0 aliphatic rings. The normalized spacial score (nSPS) is 11.6. The summed E-state index contributed by atoms with van der Waals surface area (Å²) >= 11 is 0. The van der Waals surface area contributed by atoms with Crippen molar-refractivity contribution < 1.29 is 13.2 Å². The first-order chi connectivity index (χ1) is 10.4. The molecule has 0 aliphatic carbocycles. The largest absolute Gasteiger partial charge is 0.417 e. The Morgan fingerprint density at radius 3 is 2.59 bits per heavy atom. The van der Waals surface area contributed by atoms with Crippen LogP contribution in [0.25, 0.3) is 16.9 Å². The van der Waals surface area contributed by atoms with Gasteiger partial charge < -0.3 is 0 Å². The molecule has 4 nitrogen and oxygen atoms in total. The summed E-state index contributed by atoms with van der Waals surface area (Å²) in [5.74, 6) is 0. The minimum atomic E-state index is -4.48. The SMILES string of the molecule is Cc1cnc2c(C#N)cnn2c1-c1ccccc1C(F)(F)F. The van der Waals surface area contributed by atoms with Gasteiger partial charge in [-0.3, -0.25) is 0 Å². The van der Waals surface area contributed by atoms with E-state index in [-0.39, 0.29) is 22.5 Å². The standard InChI is InChI=1S/C15H9F3N4/c1-9-7-20-14-10(6-19)8-21-22(14)13(9)11-4-2-3-5-12(11)15(16,17)18/h2-5,7-8H,1H3. The van der Waals surface area contributed by atoms with Crippen molar-refractivity contribution in [3.05, 3.63) is 53.3 Å². The number of benzene rings is 1. The molecule has 110 valence electrons. The quantitative estimate of drug-likeness (QED) is 0.690. The number of hydrogen-bond acceptors (Lipinski definition) is 3. The smallest absolute Gasteiger partial charge is 0.236 e. The van der Waals surface area contributed by atoms with Crippen LogP contribution >= 0.6 is 0 Å². The lowest BCUT2D eigenvalue weighted by atomic mass is 10.0. The third-order valence-electron chi connectivity index (χ3n) is 3.32. The summed E-state index contributed by atoms with van der Waals surface area (Å²) in [6, 6.07) is 7.21. The molecule has 2 heterocycles. The highest BCUT2D eigenvalue weighted by Gasteiger charge is 2.34. The monoisotopic (exact) mass is 302 g/mol. The average molecular weight is 302 g/mol. The summed E-state index contributed by atoms with van der Waals surface area (Å²) in [7, 11) is 0. The number of aryl methyl sites for hydroxylation is 1. The molecule has 7 heteroatoms. The minimum Gasteiger partial charge on any atom is -0.236 e. The van der Waals surface area contributed by atoms with E-state index in [0.29, 0.717) is 5.56 Å². The van der Waals surface area contributed by atoms with Gasteiger partial charge in [0.1, 0.15) is 11.6 Å². The molecule has 3 aromatic rings. The van der Waals surface area contributed by atoms with Gasteiger partial charge >= 0.3 is 6.18 Å². The third kappa shape index (κ3) is 2.09. The van der Waals surface area contributed by atoms with E-state index < -0.39 is 11.7 Å². The Kier molecular flexibility index (Phi) is 3.10. The number of nitriles is 1. The van der Waals surface area contributed by atoms with Crippen molar-refractivity contribution >= 4 is 5.65 Å². The fourth-order valence-corrected chi connectivity index (χ4v) is 2.36. The second-order valence-corrected chi connectivity index (χ2v) is 4.74. The van der Waals surface area contributed by atoms with Crippen molar-refractivity contribution in [3.8, 4) is 17.3 Å². The van der Waals surface area contributed by atoms with E-state index >= 15 is 0 Å². The van der Waals surface area contributed by atoms with Crippen molar-refractivity contribution in [2.24, 2.45) is 0 Å². The molecule has 22 heavy (non-hydrogen) atoms. The van der Waals surface area contributed by atoms with Crippen LogP contribution in [0.4, 0.5) is 13.2 Å². The molecule has 0 radical (unpaired) electrons. The second kappa shape index (κ2) is 4.84. The van der Waals surface area contributed by atoms with Crippen molar-refractivity contribution in [1.82, 2.24) is 14.6 Å². The number of rotatable bonds is 1. The Morgan fingerprint density at radius 2 is 1.91 bits per heavy atom. The van der Waals surface area contributed by atoms with Gasteiger partial charge in [-0.15, -0.1) is 0 Å². The zero-order chi connectivity index (χ0) is 15.9. The molecule has 0 aliphatic heterocycles. The van der Waals surface area contributed by atoms with Crippen LogP contribution in [-0.2, 0) is 6.18 Å². The second-order valence-electron chi connectivity index (χ2n) is 4.74. The number of aromatic nitrogens is 3. The number of halogens is 3. The maximum Gasteiger partial charge on any atom is 0.417 e. The molecular formula is C15H9F3N4. The van der Waals surface area contributed by atoms with E-state index in [9.17, 15) is 13.2 Å². The van der Waals surface area contributed by atoms with Crippen LogP contribution in [0.2, 0.25) is 0 Å². The van der Waals surface area contributed by atoms with Crippen LogP contribution in [-0.4, -0.2) is 14.6 Å². The molecule has 0 fully saturated rings.